The van der Waals surface area contributed by atoms with Crippen molar-refractivity contribution >= 4 is 22.4 Å². The van der Waals surface area contributed by atoms with Crippen molar-refractivity contribution < 1.29 is 5.11 Å². The molecule has 110 valence electrons. The predicted octanol–water partition coefficient (Wildman–Crippen LogP) is 3.44. The van der Waals surface area contributed by atoms with E-state index in [-0.39, 0.29) is 5.75 Å². The summed E-state index contributed by atoms with van der Waals surface area (Å²) in [5, 5.41) is 12.3. The molecule has 0 spiro atoms. The van der Waals surface area contributed by atoms with Crippen LogP contribution in [0.5, 0.6) is 5.75 Å². The highest BCUT2D eigenvalue weighted by atomic mass is 32.1. The number of hydrogen-bond donors (Lipinski definition) is 2. The second-order valence-corrected chi connectivity index (χ2v) is 5.94. The van der Waals surface area contributed by atoms with Crippen molar-refractivity contribution in [1.82, 2.24) is 19.5 Å². The van der Waals surface area contributed by atoms with E-state index < -0.39 is 0 Å². The van der Waals surface area contributed by atoms with Crippen LogP contribution < -0.4 is 0 Å². The summed E-state index contributed by atoms with van der Waals surface area (Å²) in [6.45, 7) is 0.703. The fraction of sp³-hybridized carbons (Fsp3) is 0.125. The molecule has 0 amide bonds. The van der Waals surface area contributed by atoms with Crippen molar-refractivity contribution in [3.63, 3.8) is 0 Å². The molecule has 0 saturated carbocycles. The SMILES string of the molecule is Oc1cccc2nc(-c3cccs3)n(CCc3ncc[nH]3)c12. The van der Waals surface area contributed by atoms with E-state index in [2.05, 4.69) is 14.5 Å². The lowest BCUT2D eigenvalue weighted by Gasteiger charge is -2.08. The number of imidazole rings is 2. The number of thiophene rings is 1. The van der Waals surface area contributed by atoms with Crippen LogP contribution in [-0.2, 0) is 13.0 Å². The number of H-pyrrole nitrogens is 1. The molecule has 3 aromatic heterocycles. The van der Waals surface area contributed by atoms with Gasteiger partial charge in [-0.15, -0.1) is 11.3 Å². The number of rotatable bonds is 4. The molecule has 6 heteroatoms. The molecule has 0 radical (unpaired) electrons. The van der Waals surface area contributed by atoms with Crippen LogP contribution in [-0.4, -0.2) is 24.6 Å². The number of aromatic nitrogens is 4. The summed E-state index contributed by atoms with van der Waals surface area (Å²) < 4.78 is 2.07. The standard InChI is InChI=1S/C16H14N4OS/c21-12-4-1-3-11-15(12)20(9-6-14-17-7-8-18-14)16(19-11)13-5-2-10-22-13/h1-5,7-8,10,21H,6,9H2,(H,17,18). The minimum Gasteiger partial charge on any atom is -0.506 e. The third-order valence-corrected chi connectivity index (χ3v) is 4.48. The summed E-state index contributed by atoms with van der Waals surface area (Å²) in [6.07, 6.45) is 4.32. The number of benzene rings is 1. The Labute approximate surface area is 130 Å². The highest BCUT2D eigenvalue weighted by Gasteiger charge is 2.16. The molecule has 22 heavy (non-hydrogen) atoms. The molecule has 3 heterocycles. The molecule has 0 saturated heterocycles. The molecule has 1 aromatic carbocycles. The maximum absolute atomic E-state index is 10.2. The lowest BCUT2D eigenvalue weighted by molar-refractivity contribution is 0.477. The number of aryl methyl sites for hydroxylation is 2. The zero-order chi connectivity index (χ0) is 14.9. The first-order valence-electron chi connectivity index (χ1n) is 7.03. The fourth-order valence-electron chi connectivity index (χ4n) is 2.63. The van der Waals surface area contributed by atoms with Crippen molar-refractivity contribution in [3.05, 3.63) is 53.9 Å². The number of aromatic hydroxyl groups is 1. The third kappa shape index (κ3) is 2.17. The first-order valence-corrected chi connectivity index (χ1v) is 7.91. The Balaban J connectivity index is 1.83. The van der Waals surface area contributed by atoms with Gasteiger partial charge in [0, 0.05) is 25.4 Å². The zero-order valence-electron chi connectivity index (χ0n) is 11.7. The van der Waals surface area contributed by atoms with Gasteiger partial charge in [-0.3, -0.25) is 0 Å². The van der Waals surface area contributed by atoms with Crippen LogP contribution in [0.2, 0.25) is 0 Å². The quantitative estimate of drug-likeness (QED) is 0.607. The molecule has 0 bridgehead atoms. The summed E-state index contributed by atoms with van der Waals surface area (Å²) in [6, 6.07) is 9.50. The number of phenolic OH excluding ortho intramolecular Hbond substituents is 1. The first kappa shape index (κ1) is 13.1. The van der Waals surface area contributed by atoms with E-state index in [1.807, 2.05) is 35.8 Å². The lowest BCUT2D eigenvalue weighted by Crippen LogP contribution is -2.04. The smallest absolute Gasteiger partial charge is 0.151 e. The molecule has 0 aliphatic carbocycles. The number of nitrogens with one attached hydrogen (secondary N) is 1. The van der Waals surface area contributed by atoms with Gasteiger partial charge in [0.25, 0.3) is 0 Å². The van der Waals surface area contributed by atoms with Crippen molar-refractivity contribution in [3.8, 4) is 16.5 Å². The molecular formula is C16H14N4OS. The van der Waals surface area contributed by atoms with E-state index in [4.69, 9.17) is 4.98 Å². The Bertz CT molecular complexity index is 894. The second-order valence-electron chi connectivity index (χ2n) is 5.00. The zero-order valence-corrected chi connectivity index (χ0v) is 12.5. The Morgan fingerprint density at radius 2 is 2.18 bits per heavy atom. The van der Waals surface area contributed by atoms with Crippen molar-refractivity contribution in [1.29, 1.82) is 0 Å². The fourth-order valence-corrected chi connectivity index (χ4v) is 3.35. The van der Waals surface area contributed by atoms with E-state index in [0.29, 0.717) is 6.54 Å². The largest absolute Gasteiger partial charge is 0.506 e. The summed E-state index contributed by atoms with van der Waals surface area (Å²) in [4.78, 5) is 13.2. The third-order valence-electron chi connectivity index (χ3n) is 3.61. The molecule has 2 N–H and O–H groups in total. The van der Waals surface area contributed by atoms with Gasteiger partial charge in [-0.05, 0) is 23.6 Å². The van der Waals surface area contributed by atoms with E-state index in [9.17, 15) is 5.11 Å². The van der Waals surface area contributed by atoms with Gasteiger partial charge in [0.05, 0.1) is 10.4 Å². The topological polar surface area (TPSA) is 66.7 Å². The van der Waals surface area contributed by atoms with Crippen LogP contribution in [0.1, 0.15) is 5.82 Å². The molecule has 0 fully saturated rings. The van der Waals surface area contributed by atoms with Gasteiger partial charge in [-0.25, -0.2) is 9.97 Å². The van der Waals surface area contributed by atoms with Crippen LogP contribution in [0.3, 0.4) is 0 Å². The van der Waals surface area contributed by atoms with E-state index in [0.717, 1.165) is 34.0 Å². The monoisotopic (exact) mass is 310 g/mol. The average Bonchev–Trinajstić information content (AvgIpc) is 3.25. The minimum atomic E-state index is 0.257. The summed E-state index contributed by atoms with van der Waals surface area (Å²) >= 11 is 1.65. The van der Waals surface area contributed by atoms with E-state index in [1.54, 1.807) is 23.6 Å². The first-order chi connectivity index (χ1) is 10.8. The number of phenols is 1. The highest BCUT2D eigenvalue weighted by Crippen LogP contribution is 2.32. The molecule has 0 atom stereocenters. The highest BCUT2D eigenvalue weighted by molar-refractivity contribution is 7.13. The lowest BCUT2D eigenvalue weighted by atomic mass is 10.3. The molecule has 0 aliphatic heterocycles. The van der Waals surface area contributed by atoms with Gasteiger partial charge in [0.1, 0.15) is 17.1 Å². The van der Waals surface area contributed by atoms with Crippen LogP contribution in [0.25, 0.3) is 21.7 Å². The summed E-state index contributed by atoms with van der Waals surface area (Å²) in [5.41, 5.74) is 1.58. The van der Waals surface area contributed by atoms with Crippen LogP contribution in [0, 0.1) is 0 Å². The molecular weight excluding hydrogens is 296 g/mol. The van der Waals surface area contributed by atoms with E-state index in [1.165, 1.54) is 0 Å². The van der Waals surface area contributed by atoms with Gasteiger partial charge in [0.2, 0.25) is 0 Å². The van der Waals surface area contributed by atoms with Crippen molar-refractivity contribution in [2.75, 3.05) is 0 Å². The second kappa shape index (κ2) is 5.31. The van der Waals surface area contributed by atoms with Gasteiger partial charge in [-0.1, -0.05) is 12.1 Å². The Morgan fingerprint density at radius 3 is 2.95 bits per heavy atom. The van der Waals surface area contributed by atoms with E-state index >= 15 is 0 Å². The summed E-state index contributed by atoms with van der Waals surface area (Å²) in [5.74, 6) is 2.07. The van der Waals surface area contributed by atoms with Crippen LogP contribution in [0.4, 0.5) is 0 Å². The van der Waals surface area contributed by atoms with Crippen LogP contribution in [0.15, 0.2) is 48.1 Å². The Hall–Kier alpha value is -2.60. The molecule has 0 aliphatic rings. The molecule has 5 nitrogen and oxygen atoms in total. The maximum Gasteiger partial charge on any atom is 0.151 e. The van der Waals surface area contributed by atoms with Crippen molar-refractivity contribution in [2.24, 2.45) is 0 Å². The van der Waals surface area contributed by atoms with Crippen molar-refractivity contribution in [2.45, 2.75) is 13.0 Å². The van der Waals surface area contributed by atoms with Gasteiger partial charge < -0.3 is 14.7 Å². The predicted molar refractivity (Wildman–Crippen MR) is 87.0 cm³/mol. The summed E-state index contributed by atoms with van der Waals surface area (Å²) in [7, 11) is 0. The van der Waals surface area contributed by atoms with Gasteiger partial charge >= 0.3 is 0 Å². The maximum atomic E-state index is 10.2. The normalized spacial score (nSPS) is 11.3. The van der Waals surface area contributed by atoms with Crippen LogP contribution >= 0.6 is 11.3 Å². The molecule has 0 unspecified atom stereocenters. The Kier molecular flexibility index (Phi) is 3.16. The molecule has 4 rings (SSSR count). The van der Waals surface area contributed by atoms with Gasteiger partial charge in [0.15, 0.2) is 5.82 Å². The number of nitrogens with zero attached hydrogens (tertiary/aromatic N) is 3. The average molecular weight is 310 g/mol. The number of para-hydroxylation sites is 1. The van der Waals surface area contributed by atoms with Gasteiger partial charge in [-0.2, -0.15) is 0 Å². The number of fused-ring (bicyclic) bond motifs is 1. The number of aromatic amines is 1. The molecule has 4 aromatic rings. The minimum absolute atomic E-state index is 0.257. The Morgan fingerprint density at radius 1 is 1.23 bits per heavy atom. The number of hydrogen-bond acceptors (Lipinski definition) is 4.